The molecule has 3 aromatic rings. The minimum atomic E-state index is -3.67. The molecule has 0 unspecified atom stereocenters. The molecule has 0 aliphatic heterocycles. The van der Waals surface area contributed by atoms with Crippen LogP contribution in [0.3, 0.4) is 0 Å². The maximum Gasteiger partial charge on any atom is 0.243 e. The summed E-state index contributed by atoms with van der Waals surface area (Å²) in [7, 11) is -3.67. The van der Waals surface area contributed by atoms with Crippen LogP contribution >= 0.6 is 0 Å². The second-order valence-corrected chi connectivity index (χ2v) is 8.73. The third-order valence-electron chi connectivity index (χ3n) is 4.27. The van der Waals surface area contributed by atoms with Gasteiger partial charge in [0.1, 0.15) is 0 Å². The molecule has 0 aliphatic carbocycles. The highest BCUT2D eigenvalue weighted by Gasteiger charge is 2.29. The molecule has 3 rings (SSSR count). The maximum absolute atomic E-state index is 13.0. The topological polar surface area (TPSA) is 76.3 Å². The Morgan fingerprint density at radius 2 is 1.52 bits per heavy atom. The van der Waals surface area contributed by atoms with Gasteiger partial charge < -0.3 is 4.52 Å². The summed E-state index contributed by atoms with van der Waals surface area (Å²) < 4.78 is 32.8. The van der Waals surface area contributed by atoms with Gasteiger partial charge in [-0.3, -0.25) is 0 Å². The second-order valence-electron chi connectivity index (χ2n) is 6.83. The van der Waals surface area contributed by atoms with Crippen molar-refractivity contribution in [3.05, 3.63) is 65.5 Å². The van der Waals surface area contributed by atoms with Crippen molar-refractivity contribution in [1.29, 1.82) is 0 Å². The summed E-state index contributed by atoms with van der Waals surface area (Å²) in [5, 5.41) is 3.99. The van der Waals surface area contributed by atoms with Crippen molar-refractivity contribution in [3.63, 3.8) is 0 Å². The number of aromatic nitrogens is 2. The van der Waals surface area contributed by atoms with Crippen LogP contribution in [0.1, 0.15) is 30.9 Å². The highest BCUT2D eigenvalue weighted by molar-refractivity contribution is 7.89. The van der Waals surface area contributed by atoms with Gasteiger partial charge in [0.05, 0.1) is 11.4 Å². The molecule has 0 amide bonds. The van der Waals surface area contributed by atoms with Gasteiger partial charge >= 0.3 is 0 Å². The van der Waals surface area contributed by atoms with Gasteiger partial charge in [0, 0.05) is 11.6 Å². The van der Waals surface area contributed by atoms with Crippen LogP contribution in [0.2, 0.25) is 0 Å². The number of hydrogen-bond donors (Lipinski definition) is 0. The van der Waals surface area contributed by atoms with E-state index < -0.39 is 10.0 Å². The molecular weight excluding hydrogens is 362 g/mol. The summed E-state index contributed by atoms with van der Waals surface area (Å²) in [4.78, 5) is 4.62. The first-order chi connectivity index (χ1) is 12.8. The Morgan fingerprint density at radius 3 is 2.07 bits per heavy atom. The lowest BCUT2D eigenvalue weighted by molar-refractivity contribution is 0.286. The van der Waals surface area contributed by atoms with Gasteiger partial charge in [-0.1, -0.05) is 52.7 Å². The molecule has 0 aliphatic rings. The van der Waals surface area contributed by atoms with Crippen molar-refractivity contribution in [3.8, 4) is 11.4 Å². The molecule has 0 fully saturated rings. The van der Waals surface area contributed by atoms with Gasteiger partial charge in [0.15, 0.2) is 0 Å². The predicted molar refractivity (Wildman–Crippen MR) is 104 cm³/mol. The Hall–Kier alpha value is -2.51. The van der Waals surface area contributed by atoms with Gasteiger partial charge in [-0.2, -0.15) is 9.29 Å². The quantitative estimate of drug-likeness (QED) is 0.642. The monoisotopic (exact) mass is 385 g/mol. The van der Waals surface area contributed by atoms with Crippen molar-refractivity contribution < 1.29 is 12.9 Å². The lowest BCUT2D eigenvalue weighted by Crippen LogP contribution is -2.36. The van der Waals surface area contributed by atoms with Crippen molar-refractivity contribution in [2.75, 3.05) is 0 Å². The van der Waals surface area contributed by atoms with Crippen molar-refractivity contribution in [2.45, 2.75) is 45.2 Å². The summed E-state index contributed by atoms with van der Waals surface area (Å²) >= 11 is 0. The van der Waals surface area contributed by atoms with E-state index in [1.165, 1.54) is 4.31 Å². The molecule has 2 aromatic carbocycles. The molecule has 1 heterocycles. The molecule has 0 spiro atoms. The molecule has 0 N–H and O–H groups in total. The summed E-state index contributed by atoms with van der Waals surface area (Å²) in [5.74, 6) is 0.705. The Kier molecular flexibility index (Phi) is 5.43. The van der Waals surface area contributed by atoms with E-state index in [1.807, 2.05) is 52.0 Å². The van der Waals surface area contributed by atoms with Crippen molar-refractivity contribution in [1.82, 2.24) is 14.4 Å². The highest BCUT2D eigenvalue weighted by atomic mass is 32.2. The van der Waals surface area contributed by atoms with E-state index >= 15 is 0 Å². The molecule has 1 aromatic heterocycles. The number of rotatable bonds is 6. The Balaban J connectivity index is 1.87. The number of nitrogens with zero attached hydrogens (tertiary/aromatic N) is 3. The normalized spacial score (nSPS) is 12.1. The highest BCUT2D eigenvalue weighted by Crippen LogP contribution is 2.22. The minimum absolute atomic E-state index is 0.0206. The van der Waals surface area contributed by atoms with E-state index in [0.717, 1.165) is 16.7 Å². The molecule has 0 bridgehead atoms. The third-order valence-corrected chi connectivity index (χ3v) is 6.31. The number of aryl methyl sites for hydroxylation is 2. The zero-order valence-corrected chi connectivity index (χ0v) is 16.7. The fourth-order valence-corrected chi connectivity index (χ4v) is 4.25. The Morgan fingerprint density at radius 1 is 0.963 bits per heavy atom. The molecular formula is C20H23N3O3S. The van der Waals surface area contributed by atoms with Crippen molar-refractivity contribution >= 4 is 10.0 Å². The van der Waals surface area contributed by atoms with Gasteiger partial charge in [-0.15, -0.1) is 0 Å². The summed E-state index contributed by atoms with van der Waals surface area (Å²) in [6.45, 7) is 7.59. The average molecular weight is 385 g/mol. The zero-order chi connectivity index (χ0) is 19.6. The molecule has 7 heteroatoms. The largest absolute Gasteiger partial charge is 0.338 e. The van der Waals surface area contributed by atoms with Gasteiger partial charge in [-0.25, -0.2) is 8.42 Å². The van der Waals surface area contributed by atoms with Crippen LogP contribution in [0.5, 0.6) is 0 Å². The van der Waals surface area contributed by atoms with E-state index in [9.17, 15) is 8.42 Å². The molecule has 0 saturated heterocycles. The SMILES string of the molecule is Cc1ccc(-c2noc(CN(C(C)C)S(=O)(=O)c3ccc(C)cc3)n2)cc1. The van der Waals surface area contributed by atoms with Crippen molar-refractivity contribution in [2.24, 2.45) is 0 Å². The lowest BCUT2D eigenvalue weighted by atomic mass is 10.1. The fourth-order valence-electron chi connectivity index (χ4n) is 2.66. The third kappa shape index (κ3) is 4.26. The molecule has 6 nitrogen and oxygen atoms in total. The molecule has 0 saturated carbocycles. The average Bonchev–Trinajstić information content (AvgIpc) is 3.09. The fraction of sp³-hybridized carbons (Fsp3) is 0.300. The van der Waals surface area contributed by atoms with Crippen LogP contribution < -0.4 is 0 Å². The smallest absolute Gasteiger partial charge is 0.243 e. The number of sulfonamides is 1. The van der Waals surface area contributed by atoms with E-state index in [1.54, 1.807) is 24.3 Å². The standard InChI is InChI=1S/C20H23N3O3S/c1-14(2)23(27(24,25)18-11-7-16(4)8-12-18)13-19-21-20(22-26-19)17-9-5-15(3)6-10-17/h5-12,14H,13H2,1-4H3. The van der Waals surface area contributed by atoms with E-state index in [-0.39, 0.29) is 23.4 Å². The molecule has 27 heavy (non-hydrogen) atoms. The number of hydrogen-bond acceptors (Lipinski definition) is 5. The van der Waals surface area contributed by atoms with Gasteiger partial charge in [-0.05, 0) is 39.8 Å². The van der Waals surface area contributed by atoms with Crippen LogP contribution in [0.25, 0.3) is 11.4 Å². The summed E-state index contributed by atoms with van der Waals surface area (Å²) in [5.41, 5.74) is 2.97. The van der Waals surface area contributed by atoms with Crippen LogP contribution in [-0.2, 0) is 16.6 Å². The van der Waals surface area contributed by atoms with Gasteiger partial charge in [0.2, 0.25) is 21.7 Å². The van der Waals surface area contributed by atoms with Crippen LogP contribution in [0, 0.1) is 13.8 Å². The minimum Gasteiger partial charge on any atom is -0.338 e. The zero-order valence-electron chi connectivity index (χ0n) is 15.9. The van der Waals surface area contributed by atoms with E-state index in [0.29, 0.717) is 5.82 Å². The van der Waals surface area contributed by atoms with Crippen LogP contribution in [0.15, 0.2) is 57.9 Å². The van der Waals surface area contributed by atoms with Crippen LogP contribution in [0.4, 0.5) is 0 Å². The second kappa shape index (κ2) is 7.62. The first-order valence-electron chi connectivity index (χ1n) is 8.75. The Labute approximate surface area is 159 Å². The number of benzene rings is 2. The van der Waals surface area contributed by atoms with E-state index in [2.05, 4.69) is 10.1 Å². The molecule has 0 radical (unpaired) electrons. The van der Waals surface area contributed by atoms with Crippen LogP contribution in [-0.4, -0.2) is 28.9 Å². The Bertz CT molecular complexity index is 1010. The molecule has 142 valence electrons. The summed E-state index contributed by atoms with van der Waals surface area (Å²) in [6.07, 6.45) is 0. The van der Waals surface area contributed by atoms with E-state index in [4.69, 9.17) is 4.52 Å². The first-order valence-corrected chi connectivity index (χ1v) is 10.2. The predicted octanol–water partition coefficient (Wildman–Crippen LogP) is 3.95. The first kappa shape index (κ1) is 19.3. The van der Waals surface area contributed by atoms with Gasteiger partial charge in [0.25, 0.3) is 0 Å². The summed E-state index contributed by atoms with van der Waals surface area (Å²) in [6, 6.07) is 14.3. The maximum atomic E-state index is 13.0. The lowest BCUT2D eigenvalue weighted by Gasteiger charge is -2.24. The molecule has 0 atom stereocenters.